The van der Waals surface area contributed by atoms with E-state index >= 15 is 0 Å². The van der Waals surface area contributed by atoms with Gasteiger partial charge in [-0.05, 0) is 24.3 Å². The lowest BCUT2D eigenvalue weighted by Gasteiger charge is -2.08. The summed E-state index contributed by atoms with van der Waals surface area (Å²) in [4.78, 5) is 4.19. The summed E-state index contributed by atoms with van der Waals surface area (Å²) in [5.41, 5.74) is 0.645. The Balaban J connectivity index is 2.12. The maximum Gasteiger partial charge on any atom is 0.573 e. The zero-order chi connectivity index (χ0) is 15.9. The number of hydrogen-bond donors (Lipinski definition) is 2. The quantitative estimate of drug-likeness (QED) is 0.738. The van der Waals surface area contributed by atoms with Crippen molar-refractivity contribution in [1.82, 2.24) is 4.98 Å². The molecule has 1 heterocycles. The zero-order valence-electron chi connectivity index (χ0n) is 10.8. The summed E-state index contributed by atoms with van der Waals surface area (Å²) < 4.78 is 41.4. The molecule has 114 valence electrons. The second-order valence-electron chi connectivity index (χ2n) is 4.37. The number of aromatic hydroxyl groups is 2. The van der Waals surface area contributed by atoms with Crippen LogP contribution in [-0.2, 0) is 0 Å². The molecule has 3 rings (SSSR count). The summed E-state index contributed by atoms with van der Waals surface area (Å²) in [6.45, 7) is 0. The summed E-state index contributed by atoms with van der Waals surface area (Å²) in [5.74, 6) is -0.673. The number of ether oxygens (including phenoxy) is 1. The second-order valence-corrected chi connectivity index (χ2v) is 5.37. The van der Waals surface area contributed by atoms with E-state index in [-0.39, 0.29) is 21.9 Å². The summed E-state index contributed by atoms with van der Waals surface area (Å²) in [6.07, 6.45) is -4.79. The molecule has 0 atom stereocenters. The van der Waals surface area contributed by atoms with Gasteiger partial charge in [0.05, 0.1) is 15.8 Å². The maximum atomic E-state index is 12.4. The first-order chi connectivity index (χ1) is 10.3. The van der Waals surface area contributed by atoms with E-state index < -0.39 is 6.36 Å². The molecule has 0 bridgehead atoms. The van der Waals surface area contributed by atoms with Crippen molar-refractivity contribution in [3.05, 3.63) is 36.4 Å². The Morgan fingerprint density at radius 1 is 1.09 bits per heavy atom. The third-order valence-corrected chi connectivity index (χ3v) is 3.94. The molecule has 0 aliphatic heterocycles. The lowest BCUT2D eigenvalue weighted by atomic mass is 10.2. The van der Waals surface area contributed by atoms with Crippen LogP contribution in [0.2, 0.25) is 0 Å². The van der Waals surface area contributed by atoms with Crippen molar-refractivity contribution in [3.8, 4) is 27.8 Å². The summed E-state index contributed by atoms with van der Waals surface area (Å²) in [5, 5.41) is 19.4. The van der Waals surface area contributed by atoms with Crippen LogP contribution in [0.5, 0.6) is 17.2 Å². The molecule has 1 aromatic heterocycles. The van der Waals surface area contributed by atoms with Crippen LogP contribution in [0.4, 0.5) is 13.2 Å². The number of benzene rings is 2. The highest BCUT2D eigenvalue weighted by Crippen LogP contribution is 2.40. The molecule has 8 heteroatoms. The fourth-order valence-electron chi connectivity index (χ4n) is 1.94. The summed E-state index contributed by atoms with van der Waals surface area (Å²) >= 11 is 0.960. The SMILES string of the molecule is Oc1ccc(-c2nc3cccc(OC(F)(F)F)c3s2)c(O)c1. The van der Waals surface area contributed by atoms with Crippen molar-refractivity contribution in [1.29, 1.82) is 0 Å². The number of rotatable bonds is 2. The fraction of sp³-hybridized carbons (Fsp3) is 0.0714. The molecule has 4 nitrogen and oxygen atoms in total. The average molecular weight is 327 g/mol. The van der Waals surface area contributed by atoms with Gasteiger partial charge in [-0.1, -0.05) is 6.07 Å². The summed E-state index contributed by atoms with van der Waals surface area (Å²) in [6, 6.07) is 8.09. The molecule has 0 radical (unpaired) electrons. The highest BCUT2D eigenvalue weighted by atomic mass is 32.1. The van der Waals surface area contributed by atoms with Gasteiger partial charge in [-0.25, -0.2) is 4.98 Å². The van der Waals surface area contributed by atoms with E-state index in [1.54, 1.807) is 6.07 Å². The van der Waals surface area contributed by atoms with Gasteiger partial charge in [0.25, 0.3) is 0 Å². The van der Waals surface area contributed by atoms with Gasteiger partial charge in [-0.15, -0.1) is 24.5 Å². The minimum Gasteiger partial charge on any atom is -0.508 e. The van der Waals surface area contributed by atoms with Gasteiger partial charge in [0, 0.05) is 6.07 Å². The lowest BCUT2D eigenvalue weighted by molar-refractivity contribution is -0.274. The number of hydrogen-bond acceptors (Lipinski definition) is 5. The largest absolute Gasteiger partial charge is 0.573 e. The number of nitrogens with zero attached hydrogens (tertiary/aromatic N) is 1. The molecule has 0 aliphatic rings. The summed E-state index contributed by atoms with van der Waals surface area (Å²) in [7, 11) is 0. The third kappa shape index (κ3) is 2.77. The standard InChI is InChI=1S/C14H8F3NO3S/c15-14(16,17)21-11-3-1-2-9-12(11)22-13(18-9)8-5-4-7(19)6-10(8)20/h1-6,19-20H. The number of aromatic nitrogens is 1. The smallest absolute Gasteiger partial charge is 0.508 e. The van der Waals surface area contributed by atoms with Crippen molar-refractivity contribution in [3.63, 3.8) is 0 Å². The minimum atomic E-state index is -4.79. The van der Waals surface area contributed by atoms with E-state index in [0.29, 0.717) is 16.1 Å². The van der Waals surface area contributed by atoms with Gasteiger partial charge >= 0.3 is 6.36 Å². The molecule has 2 N–H and O–H groups in total. The molecule has 0 fully saturated rings. The number of alkyl halides is 3. The van der Waals surface area contributed by atoms with Crippen molar-refractivity contribution < 1.29 is 28.1 Å². The van der Waals surface area contributed by atoms with Crippen LogP contribution in [0.3, 0.4) is 0 Å². The molecule has 0 saturated carbocycles. The monoisotopic (exact) mass is 327 g/mol. The van der Waals surface area contributed by atoms with Crippen LogP contribution in [-0.4, -0.2) is 21.6 Å². The molecule has 0 saturated heterocycles. The first-order valence-corrected chi connectivity index (χ1v) is 6.83. The van der Waals surface area contributed by atoms with Crippen molar-refractivity contribution in [2.75, 3.05) is 0 Å². The predicted molar refractivity (Wildman–Crippen MR) is 75.1 cm³/mol. The third-order valence-electron chi connectivity index (χ3n) is 2.82. The average Bonchev–Trinajstić information content (AvgIpc) is 2.81. The van der Waals surface area contributed by atoms with E-state index in [4.69, 9.17) is 0 Å². The van der Waals surface area contributed by atoms with Crippen molar-refractivity contribution >= 4 is 21.6 Å². The van der Waals surface area contributed by atoms with Crippen molar-refractivity contribution in [2.24, 2.45) is 0 Å². The Morgan fingerprint density at radius 2 is 1.86 bits per heavy atom. The number of phenols is 2. The van der Waals surface area contributed by atoms with Crippen molar-refractivity contribution in [2.45, 2.75) is 6.36 Å². The molecule has 3 aromatic rings. The molecule has 0 aliphatic carbocycles. The van der Waals surface area contributed by atoms with Gasteiger partial charge in [0.1, 0.15) is 22.3 Å². The predicted octanol–water partition coefficient (Wildman–Crippen LogP) is 4.27. The van der Waals surface area contributed by atoms with Gasteiger partial charge < -0.3 is 14.9 Å². The van der Waals surface area contributed by atoms with Crippen LogP contribution in [0.1, 0.15) is 0 Å². The van der Waals surface area contributed by atoms with Gasteiger partial charge in [-0.3, -0.25) is 0 Å². The molecule has 22 heavy (non-hydrogen) atoms. The van der Waals surface area contributed by atoms with Gasteiger partial charge in [-0.2, -0.15) is 0 Å². The van der Waals surface area contributed by atoms with Crippen LogP contribution in [0.25, 0.3) is 20.8 Å². The Hall–Kier alpha value is -2.48. The Morgan fingerprint density at radius 3 is 2.55 bits per heavy atom. The van der Waals surface area contributed by atoms with Gasteiger partial charge in [0.15, 0.2) is 0 Å². The number of thiazole rings is 1. The van der Waals surface area contributed by atoms with E-state index in [1.165, 1.54) is 24.3 Å². The zero-order valence-corrected chi connectivity index (χ0v) is 11.6. The van der Waals surface area contributed by atoms with Crippen LogP contribution in [0.15, 0.2) is 36.4 Å². The van der Waals surface area contributed by atoms with E-state index in [9.17, 15) is 23.4 Å². The molecule has 0 spiro atoms. The van der Waals surface area contributed by atoms with E-state index in [0.717, 1.165) is 17.4 Å². The highest BCUT2D eigenvalue weighted by Gasteiger charge is 2.32. The fourth-order valence-corrected chi connectivity index (χ4v) is 2.99. The number of halogens is 3. The molecular weight excluding hydrogens is 319 g/mol. The van der Waals surface area contributed by atoms with Crippen LogP contribution >= 0.6 is 11.3 Å². The maximum absolute atomic E-state index is 12.4. The Bertz CT molecular complexity index is 845. The lowest BCUT2D eigenvalue weighted by Crippen LogP contribution is -2.17. The molecule has 0 amide bonds. The first-order valence-electron chi connectivity index (χ1n) is 6.01. The Kier molecular flexibility index (Phi) is 3.32. The topological polar surface area (TPSA) is 62.6 Å². The molecule has 2 aromatic carbocycles. The highest BCUT2D eigenvalue weighted by molar-refractivity contribution is 7.22. The van der Waals surface area contributed by atoms with E-state index in [1.807, 2.05) is 0 Å². The van der Waals surface area contributed by atoms with Gasteiger partial charge in [0.2, 0.25) is 0 Å². The molecular formula is C14H8F3NO3S. The number of phenolic OH excluding ortho intramolecular Hbond substituents is 2. The van der Waals surface area contributed by atoms with E-state index in [2.05, 4.69) is 9.72 Å². The van der Waals surface area contributed by atoms with Crippen LogP contribution < -0.4 is 4.74 Å². The second kappa shape index (κ2) is 5.06. The minimum absolute atomic E-state index is 0.122. The van der Waals surface area contributed by atoms with Crippen LogP contribution in [0, 0.1) is 0 Å². The number of fused-ring (bicyclic) bond motifs is 1. The first kappa shape index (κ1) is 14.5. The Labute approximate surface area is 126 Å². The molecule has 0 unspecified atom stereocenters. The normalized spacial score (nSPS) is 11.8.